The molecule has 84 valence electrons. The van der Waals surface area contributed by atoms with Crippen molar-refractivity contribution in [1.29, 1.82) is 0 Å². The van der Waals surface area contributed by atoms with Crippen molar-refractivity contribution in [3.05, 3.63) is 10.0 Å². The number of hydrogen-bond donors (Lipinski definition) is 1. The zero-order valence-electron chi connectivity index (χ0n) is 8.73. The predicted molar refractivity (Wildman–Crippen MR) is 70.0 cm³/mol. The average Bonchev–Trinajstić information content (AvgIpc) is 2.86. The van der Waals surface area contributed by atoms with E-state index in [1.807, 2.05) is 4.68 Å². The number of rotatable bonds is 1. The fourth-order valence-corrected chi connectivity index (χ4v) is 3.01. The first-order chi connectivity index (χ1) is 7.77. The summed E-state index contributed by atoms with van der Waals surface area (Å²) in [4.78, 5) is 8.46. The smallest absolute Gasteiger partial charge is 0.164 e. The summed E-state index contributed by atoms with van der Waals surface area (Å²) in [6, 6.07) is 0.463. The third-order valence-electron chi connectivity index (χ3n) is 3.14. The topological polar surface area (TPSA) is 69.6 Å². The van der Waals surface area contributed by atoms with E-state index in [4.69, 9.17) is 5.73 Å². The van der Waals surface area contributed by atoms with Gasteiger partial charge in [-0.15, -0.1) is 0 Å². The molecule has 0 bridgehead atoms. The lowest BCUT2D eigenvalue weighted by molar-refractivity contribution is 0.480. The molecule has 3 rings (SSSR count). The van der Waals surface area contributed by atoms with Crippen LogP contribution in [0.2, 0.25) is 0 Å². The van der Waals surface area contributed by atoms with E-state index >= 15 is 0 Å². The molecule has 2 N–H and O–H groups in total. The van der Waals surface area contributed by atoms with Crippen molar-refractivity contribution in [3.63, 3.8) is 0 Å². The Bertz CT molecular complexity index is 529. The number of hydrogen-bond acceptors (Lipinski definition) is 4. The van der Waals surface area contributed by atoms with E-state index in [2.05, 4.69) is 37.7 Å². The third kappa shape index (κ3) is 1.47. The molecular formula is C10H12IN5. The fraction of sp³-hybridized carbons (Fsp3) is 0.500. The highest BCUT2D eigenvalue weighted by molar-refractivity contribution is 14.1. The van der Waals surface area contributed by atoms with Crippen molar-refractivity contribution in [2.24, 2.45) is 0 Å². The van der Waals surface area contributed by atoms with E-state index < -0.39 is 0 Å². The van der Waals surface area contributed by atoms with Crippen molar-refractivity contribution in [2.75, 3.05) is 5.73 Å². The molecule has 0 aliphatic heterocycles. The maximum Gasteiger partial charge on any atom is 0.164 e. The number of nitrogens with two attached hydrogens (primary N) is 1. The average molecular weight is 329 g/mol. The van der Waals surface area contributed by atoms with Crippen molar-refractivity contribution in [1.82, 2.24) is 19.7 Å². The number of fused-ring (bicyclic) bond motifs is 1. The van der Waals surface area contributed by atoms with Crippen LogP contribution in [0.4, 0.5) is 5.82 Å². The molecule has 5 nitrogen and oxygen atoms in total. The minimum Gasteiger partial charge on any atom is -0.382 e. The molecule has 0 spiro atoms. The lowest BCUT2D eigenvalue weighted by Crippen LogP contribution is -2.07. The first kappa shape index (κ1) is 10.2. The molecule has 0 aromatic carbocycles. The first-order valence-electron chi connectivity index (χ1n) is 5.41. The lowest BCUT2D eigenvalue weighted by atomic mass is 10.2. The number of nitrogens with zero attached hydrogens (tertiary/aromatic N) is 4. The van der Waals surface area contributed by atoms with Gasteiger partial charge in [-0.2, -0.15) is 5.10 Å². The SMILES string of the molecule is Nc1nn(C2CCCC2)c2ncnc(I)c12. The molecule has 6 heteroatoms. The summed E-state index contributed by atoms with van der Waals surface area (Å²) < 4.78 is 2.87. The minimum absolute atomic E-state index is 0.463. The Morgan fingerprint density at radius 2 is 2.06 bits per heavy atom. The van der Waals surface area contributed by atoms with E-state index in [9.17, 15) is 0 Å². The molecule has 1 aliphatic rings. The summed E-state index contributed by atoms with van der Waals surface area (Å²) in [5.41, 5.74) is 6.81. The highest BCUT2D eigenvalue weighted by Crippen LogP contribution is 2.33. The van der Waals surface area contributed by atoms with E-state index in [0.29, 0.717) is 11.9 Å². The largest absolute Gasteiger partial charge is 0.382 e. The summed E-state index contributed by atoms with van der Waals surface area (Å²) in [5, 5.41) is 5.32. The molecule has 16 heavy (non-hydrogen) atoms. The maximum atomic E-state index is 5.93. The molecule has 2 heterocycles. The van der Waals surface area contributed by atoms with Gasteiger partial charge in [0, 0.05) is 0 Å². The van der Waals surface area contributed by atoms with Crippen LogP contribution in [-0.2, 0) is 0 Å². The normalized spacial score (nSPS) is 17.3. The van der Waals surface area contributed by atoms with Gasteiger partial charge in [0.1, 0.15) is 10.0 Å². The molecule has 0 atom stereocenters. The summed E-state index contributed by atoms with van der Waals surface area (Å²) in [5.74, 6) is 0.548. The zero-order chi connectivity index (χ0) is 11.1. The minimum atomic E-state index is 0.463. The van der Waals surface area contributed by atoms with E-state index in [1.165, 1.54) is 25.7 Å². The number of halogens is 1. The monoisotopic (exact) mass is 329 g/mol. The fourth-order valence-electron chi connectivity index (χ4n) is 2.37. The lowest BCUT2D eigenvalue weighted by Gasteiger charge is -2.09. The highest BCUT2D eigenvalue weighted by Gasteiger charge is 2.22. The Balaban J connectivity index is 2.22. The van der Waals surface area contributed by atoms with Gasteiger partial charge in [0.25, 0.3) is 0 Å². The molecule has 2 aromatic rings. The van der Waals surface area contributed by atoms with E-state index in [-0.39, 0.29) is 0 Å². The van der Waals surface area contributed by atoms with Crippen LogP contribution in [0.25, 0.3) is 11.0 Å². The van der Waals surface area contributed by atoms with Crippen LogP contribution < -0.4 is 5.73 Å². The van der Waals surface area contributed by atoms with Crippen LogP contribution in [0, 0.1) is 3.70 Å². The second kappa shape index (κ2) is 3.83. The Labute approximate surface area is 107 Å². The quantitative estimate of drug-likeness (QED) is 0.643. The Morgan fingerprint density at radius 3 is 2.81 bits per heavy atom. The van der Waals surface area contributed by atoms with Gasteiger partial charge in [-0.05, 0) is 35.4 Å². The molecule has 1 fully saturated rings. The van der Waals surface area contributed by atoms with Gasteiger partial charge < -0.3 is 5.73 Å². The Hall–Kier alpha value is -0.920. The molecule has 0 radical (unpaired) electrons. The van der Waals surface area contributed by atoms with Crippen molar-refractivity contribution >= 4 is 39.4 Å². The predicted octanol–water partition coefficient (Wildman–Crippen LogP) is 2.13. The molecular weight excluding hydrogens is 317 g/mol. The van der Waals surface area contributed by atoms with Gasteiger partial charge in [0.2, 0.25) is 0 Å². The van der Waals surface area contributed by atoms with Gasteiger partial charge in [0.15, 0.2) is 11.5 Å². The summed E-state index contributed by atoms with van der Waals surface area (Å²) in [6.45, 7) is 0. The molecule has 2 aromatic heterocycles. The van der Waals surface area contributed by atoms with Crippen LogP contribution in [0.1, 0.15) is 31.7 Å². The van der Waals surface area contributed by atoms with E-state index in [0.717, 1.165) is 14.7 Å². The van der Waals surface area contributed by atoms with Gasteiger partial charge in [-0.1, -0.05) is 12.8 Å². The zero-order valence-corrected chi connectivity index (χ0v) is 10.9. The van der Waals surface area contributed by atoms with Crippen LogP contribution in [0.5, 0.6) is 0 Å². The standard InChI is InChI=1S/C10H12IN5/c11-8-7-9(12)15-16(6-3-1-2-4-6)10(7)14-5-13-8/h5-6H,1-4H2,(H2,12,15). The highest BCUT2D eigenvalue weighted by atomic mass is 127. The number of aromatic nitrogens is 4. The second-order valence-corrected chi connectivity index (χ2v) is 5.15. The van der Waals surface area contributed by atoms with Gasteiger partial charge in [0.05, 0.1) is 11.4 Å². The van der Waals surface area contributed by atoms with Gasteiger partial charge >= 0.3 is 0 Å². The first-order valence-corrected chi connectivity index (χ1v) is 6.49. The second-order valence-electron chi connectivity index (χ2n) is 4.13. The Morgan fingerprint density at radius 1 is 1.31 bits per heavy atom. The third-order valence-corrected chi connectivity index (χ3v) is 3.96. The van der Waals surface area contributed by atoms with Gasteiger partial charge in [-0.25, -0.2) is 14.6 Å². The number of anilines is 1. The summed E-state index contributed by atoms with van der Waals surface area (Å²) >= 11 is 2.18. The molecule has 1 saturated carbocycles. The Kier molecular flexibility index (Phi) is 2.45. The van der Waals surface area contributed by atoms with E-state index in [1.54, 1.807) is 6.33 Å². The maximum absolute atomic E-state index is 5.93. The number of nitrogen functional groups attached to an aromatic ring is 1. The van der Waals surface area contributed by atoms with Crippen LogP contribution in [0.15, 0.2) is 6.33 Å². The summed E-state index contributed by atoms with van der Waals surface area (Å²) in [6.07, 6.45) is 6.48. The van der Waals surface area contributed by atoms with Crippen LogP contribution in [-0.4, -0.2) is 19.7 Å². The molecule has 0 amide bonds. The van der Waals surface area contributed by atoms with Crippen molar-refractivity contribution in [3.8, 4) is 0 Å². The molecule has 1 aliphatic carbocycles. The van der Waals surface area contributed by atoms with Crippen LogP contribution in [0.3, 0.4) is 0 Å². The molecule has 0 unspecified atom stereocenters. The van der Waals surface area contributed by atoms with Crippen molar-refractivity contribution in [2.45, 2.75) is 31.7 Å². The van der Waals surface area contributed by atoms with Gasteiger partial charge in [-0.3, -0.25) is 0 Å². The summed E-state index contributed by atoms with van der Waals surface area (Å²) in [7, 11) is 0. The molecule has 0 saturated heterocycles. The van der Waals surface area contributed by atoms with Crippen LogP contribution >= 0.6 is 22.6 Å². The van der Waals surface area contributed by atoms with Crippen molar-refractivity contribution < 1.29 is 0 Å².